The van der Waals surface area contributed by atoms with Gasteiger partial charge in [0.15, 0.2) is 11.4 Å². The predicted octanol–water partition coefficient (Wildman–Crippen LogP) is 2.54. The van der Waals surface area contributed by atoms with Crippen molar-refractivity contribution in [2.45, 2.75) is 52.6 Å². The Labute approximate surface area is 98.8 Å². The highest BCUT2D eigenvalue weighted by atomic mass is 15.7. The molecule has 1 aliphatic heterocycles. The van der Waals surface area contributed by atoms with Gasteiger partial charge in [0.05, 0.1) is 5.54 Å². The average molecular weight is 219 g/mol. The minimum Gasteiger partial charge on any atom is -0.209 e. The van der Waals surface area contributed by atoms with E-state index in [1.165, 1.54) is 16.4 Å². The molecule has 2 nitrogen and oxygen atoms in total. The Bertz CT molecular complexity index is 357. The summed E-state index contributed by atoms with van der Waals surface area (Å²) >= 11 is 0. The number of hydrogen-bond donors (Lipinski definition) is 1. The quantitative estimate of drug-likeness (QED) is 0.704. The standard InChI is InChI=1S/C14H22N2/c1-13(2,3)15-11-9-7-8-10-12(11)16(15)14(4,5)6/h7-10H,1-6H3/p+1. The average Bonchev–Trinajstić information content (AvgIpc) is 2.01. The Kier molecular flexibility index (Phi) is 2.32. The third kappa shape index (κ3) is 1.61. The fraction of sp³-hybridized carbons (Fsp3) is 0.571. The zero-order chi connectivity index (χ0) is 12.1. The van der Waals surface area contributed by atoms with E-state index in [0.29, 0.717) is 0 Å². The molecule has 88 valence electrons. The molecule has 0 saturated heterocycles. The van der Waals surface area contributed by atoms with Crippen LogP contribution in [0.4, 0.5) is 11.4 Å². The first kappa shape index (κ1) is 11.5. The minimum absolute atomic E-state index is 0.164. The van der Waals surface area contributed by atoms with Gasteiger partial charge in [-0.15, -0.1) is 0 Å². The molecule has 2 rings (SSSR count). The maximum Gasteiger partial charge on any atom is 0.185 e. The van der Waals surface area contributed by atoms with Crippen LogP contribution in [-0.4, -0.2) is 11.1 Å². The molecule has 0 saturated carbocycles. The Balaban J connectivity index is 2.47. The molecule has 1 unspecified atom stereocenters. The highest BCUT2D eigenvalue weighted by molar-refractivity contribution is 5.68. The van der Waals surface area contributed by atoms with Crippen molar-refractivity contribution >= 4 is 11.4 Å². The number of anilines is 1. The summed E-state index contributed by atoms with van der Waals surface area (Å²) in [4.78, 5) is 0. The molecule has 0 aliphatic carbocycles. The van der Waals surface area contributed by atoms with Crippen molar-refractivity contribution < 1.29 is 5.01 Å². The summed E-state index contributed by atoms with van der Waals surface area (Å²) in [6.45, 7) is 13.7. The molecule has 0 bridgehead atoms. The number of fused-ring (bicyclic) bond motifs is 1. The van der Waals surface area contributed by atoms with E-state index in [1.807, 2.05) is 0 Å². The van der Waals surface area contributed by atoms with Crippen LogP contribution in [-0.2, 0) is 0 Å². The SMILES string of the molecule is CC(C)(C)N1c2ccccc2[NH+]1C(C)(C)C. The monoisotopic (exact) mass is 219 g/mol. The van der Waals surface area contributed by atoms with Crippen molar-refractivity contribution in [3.63, 3.8) is 0 Å². The van der Waals surface area contributed by atoms with Crippen molar-refractivity contribution in [2.24, 2.45) is 0 Å². The molecule has 1 atom stereocenters. The summed E-state index contributed by atoms with van der Waals surface area (Å²) in [6, 6.07) is 8.70. The summed E-state index contributed by atoms with van der Waals surface area (Å²) in [5.41, 5.74) is 3.17. The van der Waals surface area contributed by atoms with Gasteiger partial charge in [0.1, 0.15) is 5.54 Å². The van der Waals surface area contributed by atoms with E-state index in [-0.39, 0.29) is 11.1 Å². The van der Waals surface area contributed by atoms with E-state index < -0.39 is 0 Å². The van der Waals surface area contributed by atoms with E-state index >= 15 is 0 Å². The molecule has 0 amide bonds. The van der Waals surface area contributed by atoms with Gasteiger partial charge >= 0.3 is 0 Å². The van der Waals surface area contributed by atoms with Crippen LogP contribution >= 0.6 is 0 Å². The van der Waals surface area contributed by atoms with Crippen LogP contribution in [0, 0.1) is 0 Å². The van der Waals surface area contributed by atoms with Gasteiger partial charge in [-0.05, 0) is 47.6 Å². The van der Waals surface area contributed by atoms with Crippen molar-refractivity contribution in [3.8, 4) is 0 Å². The summed E-state index contributed by atoms with van der Waals surface area (Å²) in [5, 5.41) is 3.94. The third-order valence-corrected chi connectivity index (χ3v) is 3.00. The number of para-hydroxylation sites is 2. The lowest BCUT2D eigenvalue weighted by molar-refractivity contribution is -0.914. The van der Waals surface area contributed by atoms with Gasteiger partial charge in [-0.2, -0.15) is 5.01 Å². The zero-order valence-corrected chi connectivity index (χ0v) is 11.3. The fourth-order valence-corrected chi connectivity index (χ4v) is 2.49. The highest BCUT2D eigenvalue weighted by Gasteiger charge is 2.49. The fourth-order valence-electron chi connectivity index (χ4n) is 2.49. The lowest BCUT2D eigenvalue weighted by atomic mass is 9.97. The van der Waals surface area contributed by atoms with Crippen molar-refractivity contribution in [1.82, 2.24) is 0 Å². The first-order valence-corrected chi connectivity index (χ1v) is 6.00. The Hall–Kier alpha value is -1.02. The molecule has 1 heterocycles. The number of quaternary nitrogens is 1. The molecular formula is C14H23N2+. The van der Waals surface area contributed by atoms with Crippen LogP contribution in [0.3, 0.4) is 0 Å². The molecular weight excluding hydrogens is 196 g/mol. The molecule has 0 radical (unpaired) electrons. The van der Waals surface area contributed by atoms with E-state index in [0.717, 1.165) is 0 Å². The second kappa shape index (κ2) is 3.24. The van der Waals surface area contributed by atoms with Crippen LogP contribution in [0.2, 0.25) is 0 Å². The Morgan fingerprint density at radius 1 is 0.938 bits per heavy atom. The van der Waals surface area contributed by atoms with Gasteiger partial charge in [-0.25, -0.2) is 5.01 Å². The Morgan fingerprint density at radius 2 is 1.50 bits per heavy atom. The summed E-state index contributed by atoms with van der Waals surface area (Å²) in [5.74, 6) is 0. The Morgan fingerprint density at radius 3 is 2.00 bits per heavy atom. The van der Waals surface area contributed by atoms with E-state index in [1.54, 1.807) is 0 Å². The van der Waals surface area contributed by atoms with Gasteiger partial charge in [0.2, 0.25) is 0 Å². The topological polar surface area (TPSA) is 7.68 Å². The molecule has 0 aromatic heterocycles. The van der Waals surface area contributed by atoms with Crippen molar-refractivity contribution in [1.29, 1.82) is 0 Å². The van der Waals surface area contributed by atoms with Gasteiger partial charge < -0.3 is 0 Å². The molecule has 0 spiro atoms. The van der Waals surface area contributed by atoms with Crippen LogP contribution in [0.1, 0.15) is 41.5 Å². The first-order chi connectivity index (χ1) is 7.23. The maximum atomic E-state index is 2.47. The summed E-state index contributed by atoms with van der Waals surface area (Å²) in [7, 11) is 0. The lowest BCUT2D eigenvalue weighted by Gasteiger charge is -2.53. The van der Waals surface area contributed by atoms with Crippen LogP contribution in [0.15, 0.2) is 24.3 Å². The number of benzene rings is 1. The van der Waals surface area contributed by atoms with Gasteiger partial charge in [-0.3, -0.25) is 0 Å². The second-order valence-electron chi connectivity index (χ2n) is 6.62. The highest BCUT2D eigenvalue weighted by Crippen LogP contribution is 2.35. The molecule has 0 fully saturated rings. The molecule has 1 aliphatic rings. The van der Waals surface area contributed by atoms with Crippen LogP contribution in [0.5, 0.6) is 0 Å². The molecule has 2 heteroatoms. The van der Waals surface area contributed by atoms with Gasteiger partial charge in [0.25, 0.3) is 0 Å². The normalized spacial score (nSPS) is 20.4. The lowest BCUT2D eigenvalue weighted by Crippen LogP contribution is -3.26. The second-order valence-corrected chi connectivity index (χ2v) is 6.62. The molecule has 1 aromatic rings. The zero-order valence-electron chi connectivity index (χ0n) is 11.3. The van der Waals surface area contributed by atoms with Crippen LogP contribution in [0.25, 0.3) is 0 Å². The van der Waals surface area contributed by atoms with Gasteiger partial charge in [-0.1, -0.05) is 12.1 Å². The summed E-state index contributed by atoms with van der Waals surface area (Å²) in [6.07, 6.45) is 0. The minimum atomic E-state index is 0.164. The number of nitrogens with one attached hydrogen (secondary N) is 1. The third-order valence-electron chi connectivity index (χ3n) is 3.00. The smallest absolute Gasteiger partial charge is 0.185 e. The molecule has 16 heavy (non-hydrogen) atoms. The van der Waals surface area contributed by atoms with Crippen LogP contribution < -0.4 is 10.0 Å². The number of rotatable bonds is 0. The molecule has 1 N–H and O–H groups in total. The van der Waals surface area contributed by atoms with E-state index in [2.05, 4.69) is 70.8 Å². The largest absolute Gasteiger partial charge is 0.209 e. The predicted molar refractivity (Wildman–Crippen MR) is 69.0 cm³/mol. The first-order valence-electron chi connectivity index (χ1n) is 6.00. The van der Waals surface area contributed by atoms with Gasteiger partial charge in [0, 0.05) is 6.07 Å². The van der Waals surface area contributed by atoms with Crippen molar-refractivity contribution in [2.75, 3.05) is 5.01 Å². The maximum absolute atomic E-state index is 2.47. The number of hydrogen-bond acceptors (Lipinski definition) is 1. The summed E-state index contributed by atoms with van der Waals surface area (Å²) < 4.78 is 0. The van der Waals surface area contributed by atoms with E-state index in [9.17, 15) is 0 Å². The number of nitrogens with zero attached hydrogens (tertiary/aromatic N) is 1. The van der Waals surface area contributed by atoms with E-state index in [4.69, 9.17) is 0 Å². The van der Waals surface area contributed by atoms with Crippen molar-refractivity contribution in [3.05, 3.63) is 24.3 Å². The molecule has 1 aromatic carbocycles.